The maximum absolute atomic E-state index is 10.5. The predicted molar refractivity (Wildman–Crippen MR) is 162 cm³/mol. The number of rotatable bonds is 24. The summed E-state index contributed by atoms with van der Waals surface area (Å²) in [5.74, 6) is 4.90. The summed E-state index contributed by atoms with van der Waals surface area (Å²) in [6.07, 6.45) is 37.7. The maximum atomic E-state index is 10.5. The summed E-state index contributed by atoms with van der Waals surface area (Å²) in [5.41, 5.74) is 0. The third-order valence-corrected chi connectivity index (χ3v) is 6.13. The Hall–Kier alpha value is -2.35. The molecule has 0 aliphatic rings. The molecular formula is C34H54O4. The van der Waals surface area contributed by atoms with E-state index in [9.17, 15) is 15.0 Å². The van der Waals surface area contributed by atoms with E-state index in [1.54, 1.807) is 24.3 Å². The van der Waals surface area contributed by atoms with Crippen molar-refractivity contribution >= 4 is 5.97 Å². The van der Waals surface area contributed by atoms with Crippen molar-refractivity contribution in [2.24, 2.45) is 0 Å². The minimum atomic E-state index is -0.674. The van der Waals surface area contributed by atoms with Gasteiger partial charge in [0.25, 0.3) is 0 Å². The Labute approximate surface area is 233 Å². The third-order valence-electron chi connectivity index (χ3n) is 6.13. The van der Waals surface area contributed by atoms with Crippen molar-refractivity contribution in [1.82, 2.24) is 0 Å². The van der Waals surface area contributed by atoms with Crippen LogP contribution >= 0.6 is 0 Å². The number of hydrogen-bond donors (Lipinski definition) is 3. The Balaban J connectivity index is 3.55. The first-order chi connectivity index (χ1) is 18.6. The normalized spacial score (nSPS) is 13.8. The van der Waals surface area contributed by atoms with Crippen molar-refractivity contribution in [2.45, 2.75) is 135 Å². The van der Waals surface area contributed by atoms with Gasteiger partial charge in [-0.2, -0.15) is 0 Å². The van der Waals surface area contributed by atoms with Gasteiger partial charge in [-0.1, -0.05) is 138 Å². The van der Waals surface area contributed by atoms with Crippen LogP contribution in [0.4, 0.5) is 0 Å². The number of aliphatic hydroxyl groups is 2. The predicted octanol–water partition coefficient (Wildman–Crippen LogP) is 8.62. The van der Waals surface area contributed by atoms with E-state index in [4.69, 9.17) is 5.11 Å². The number of carboxylic acids is 1. The number of aliphatic carboxylic acids is 1. The van der Waals surface area contributed by atoms with Crippen LogP contribution in [0.3, 0.4) is 0 Å². The molecule has 0 saturated carbocycles. The molecule has 0 bridgehead atoms. The molecule has 0 spiro atoms. The van der Waals surface area contributed by atoms with Crippen LogP contribution in [0, 0.1) is 11.8 Å². The molecule has 2 unspecified atom stereocenters. The van der Waals surface area contributed by atoms with Crippen molar-refractivity contribution in [3.05, 3.63) is 60.8 Å². The van der Waals surface area contributed by atoms with E-state index in [-0.39, 0.29) is 0 Å². The fraction of sp³-hybridized carbons (Fsp3) is 0.618. The standard InChI is InChI=1S/C34H54O4/c1-2-3-22-27-32(35)29-24-20-21-25-30-33(36)28-23-18-16-14-12-10-8-6-4-5-7-9-11-13-15-17-19-26-31-34(37)38/h3,12,14,18,20-23,25,30,32-33,35-36H,2,4-11,13,15-17,19,26-28,31H2,1H3,(H,37,38). The average Bonchev–Trinajstić information content (AvgIpc) is 2.89. The highest BCUT2D eigenvalue weighted by Gasteiger charge is 1.97. The Morgan fingerprint density at radius 1 is 0.711 bits per heavy atom. The van der Waals surface area contributed by atoms with Crippen LogP contribution in [-0.2, 0) is 4.79 Å². The molecule has 38 heavy (non-hydrogen) atoms. The van der Waals surface area contributed by atoms with Gasteiger partial charge in [-0.25, -0.2) is 0 Å². The van der Waals surface area contributed by atoms with Gasteiger partial charge in [0, 0.05) is 12.8 Å². The molecule has 0 aromatic heterocycles. The molecule has 0 aliphatic heterocycles. The zero-order chi connectivity index (χ0) is 27.9. The molecule has 0 heterocycles. The van der Waals surface area contributed by atoms with Crippen LogP contribution in [0.5, 0.6) is 0 Å². The number of unbranched alkanes of at least 4 members (excludes halogenated alkanes) is 12. The molecule has 4 nitrogen and oxygen atoms in total. The molecule has 2 atom stereocenters. The molecular weight excluding hydrogens is 472 g/mol. The second-order valence-corrected chi connectivity index (χ2v) is 9.82. The molecule has 3 N–H and O–H groups in total. The molecule has 0 rings (SSSR count). The Morgan fingerprint density at radius 2 is 1.29 bits per heavy atom. The van der Waals surface area contributed by atoms with E-state index in [2.05, 4.69) is 37.0 Å². The van der Waals surface area contributed by atoms with Gasteiger partial charge in [-0.3, -0.25) is 4.79 Å². The lowest BCUT2D eigenvalue weighted by atomic mass is 10.0. The van der Waals surface area contributed by atoms with Gasteiger partial charge in [-0.05, 0) is 44.6 Å². The van der Waals surface area contributed by atoms with E-state index in [1.807, 2.05) is 18.2 Å². The lowest BCUT2D eigenvalue weighted by Gasteiger charge is -2.02. The van der Waals surface area contributed by atoms with E-state index in [0.717, 1.165) is 32.1 Å². The lowest BCUT2D eigenvalue weighted by molar-refractivity contribution is -0.137. The summed E-state index contributed by atoms with van der Waals surface area (Å²) < 4.78 is 0. The van der Waals surface area contributed by atoms with Crippen LogP contribution in [0.2, 0.25) is 0 Å². The summed E-state index contributed by atoms with van der Waals surface area (Å²) in [7, 11) is 0. The van der Waals surface area contributed by atoms with Gasteiger partial charge < -0.3 is 15.3 Å². The fourth-order valence-electron chi connectivity index (χ4n) is 3.90. The highest BCUT2D eigenvalue weighted by atomic mass is 16.4. The molecule has 0 aromatic rings. The highest BCUT2D eigenvalue weighted by molar-refractivity contribution is 5.66. The van der Waals surface area contributed by atoms with Crippen molar-refractivity contribution in [2.75, 3.05) is 0 Å². The van der Waals surface area contributed by atoms with Crippen LogP contribution in [0.25, 0.3) is 0 Å². The lowest BCUT2D eigenvalue weighted by Crippen LogP contribution is -1.99. The minimum absolute atomic E-state index is 0.318. The SMILES string of the molecule is CCC=CCC(O)C#CC=CC=CC(O)CC=CCC=CCCCCCCCCCCCCCCC(=O)O. The van der Waals surface area contributed by atoms with Crippen LogP contribution in [-0.4, -0.2) is 33.5 Å². The zero-order valence-electron chi connectivity index (χ0n) is 23.9. The number of allylic oxidation sites excluding steroid dienone is 7. The zero-order valence-corrected chi connectivity index (χ0v) is 23.9. The monoisotopic (exact) mass is 526 g/mol. The van der Waals surface area contributed by atoms with Gasteiger partial charge in [0.1, 0.15) is 6.10 Å². The van der Waals surface area contributed by atoms with Crippen molar-refractivity contribution in [1.29, 1.82) is 0 Å². The summed E-state index contributed by atoms with van der Waals surface area (Å²) in [4.78, 5) is 10.5. The van der Waals surface area contributed by atoms with Crippen LogP contribution in [0.15, 0.2) is 60.8 Å². The Kier molecular flexibility index (Phi) is 27.4. The minimum Gasteiger partial charge on any atom is -0.481 e. The molecule has 0 aromatic carbocycles. The van der Waals surface area contributed by atoms with Crippen LogP contribution in [0.1, 0.15) is 122 Å². The third kappa shape index (κ3) is 29.9. The topological polar surface area (TPSA) is 77.8 Å². The molecule has 0 saturated heterocycles. The molecule has 0 amide bonds. The van der Waals surface area contributed by atoms with Gasteiger partial charge >= 0.3 is 5.97 Å². The van der Waals surface area contributed by atoms with E-state index >= 15 is 0 Å². The first kappa shape index (κ1) is 35.6. The molecule has 214 valence electrons. The quantitative estimate of drug-likeness (QED) is 0.0509. The molecule has 0 fully saturated rings. The van der Waals surface area contributed by atoms with Crippen molar-refractivity contribution < 1.29 is 20.1 Å². The number of aliphatic hydroxyl groups excluding tert-OH is 2. The molecule has 0 aliphatic carbocycles. The van der Waals surface area contributed by atoms with E-state index in [0.29, 0.717) is 19.3 Å². The molecule has 0 radical (unpaired) electrons. The highest BCUT2D eigenvalue weighted by Crippen LogP contribution is 2.13. The van der Waals surface area contributed by atoms with Gasteiger partial charge in [0.2, 0.25) is 0 Å². The fourth-order valence-corrected chi connectivity index (χ4v) is 3.90. The number of carboxylic acid groups (broad SMARTS) is 1. The largest absolute Gasteiger partial charge is 0.481 e. The summed E-state index contributed by atoms with van der Waals surface area (Å²) in [6.45, 7) is 2.06. The van der Waals surface area contributed by atoms with Crippen molar-refractivity contribution in [3.8, 4) is 11.8 Å². The first-order valence-electron chi connectivity index (χ1n) is 14.9. The number of carbonyl (C=O) groups is 1. The summed E-state index contributed by atoms with van der Waals surface area (Å²) in [5, 5.41) is 28.3. The van der Waals surface area contributed by atoms with E-state index < -0.39 is 18.2 Å². The first-order valence-corrected chi connectivity index (χ1v) is 14.9. The number of hydrogen-bond acceptors (Lipinski definition) is 3. The van der Waals surface area contributed by atoms with E-state index in [1.165, 1.54) is 64.2 Å². The van der Waals surface area contributed by atoms with Gasteiger partial charge in [0.05, 0.1) is 6.10 Å². The smallest absolute Gasteiger partial charge is 0.303 e. The summed E-state index contributed by atoms with van der Waals surface area (Å²) >= 11 is 0. The second kappa shape index (κ2) is 29.2. The summed E-state index contributed by atoms with van der Waals surface area (Å²) in [6, 6.07) is 0. The van der Waals surface area contributed by atoms with Gasteiger partial charge in [-0.15, -0.1) is 0 Å². The second-order valence-electron chi connectivity index (χ2n) is 9.82. The van der Waals surface area contributed by atoms with Crippen molar-refractivity contribution in [3.63, 3.8) is 0 Å². The average molecular weight is 527 g/mol. The maximum Gasteiger partial charge on any atom is 0.303 e. The Morgan fingerprint density at radius 3 is 1.92 bits per heavy atom. The Bertz CT molecular complexity index is 748. The van der Waals surface area contributed by atoms with Crippen LogP contribution < -0.4 is 0 Å². The van der Waals surface area contributed by atoms with Gasteiger partial charge in [0.15, 0.2) is 0 Å². The molecule has 4 heteroatoms.